The van der Waals surface area contributed by atoms with Gasteiger partial charge in [-0.2, -0.15) is 0 Å². The molecule has 0 bridgehead atoms. The van der Waals surface area contributed by atoms with Crippen LogP contribution in [0.15, 0.2) is 0 Å². The van der Waals surface area contributed by atoms with Gasteiger partial charge in [-0.15, -0.1) is 23.2 Å². The van der Waals surface area contributed by atoms with Crippen LogP contribution in [0.1, 0.15) is 0 Å². The Morgan fingerprint density at radius 1 is 1.00 bits per heavy atom. The zero-order chi connectivity index (χ0) is 2.71. The third-order valence-electron chi connectivity index (χ3n) is 0. The molecule has 0 saturated heterocycles. The standard InChI is InChI=1S/CH2Cl2.2O.Ti/c2-1-3;;;/h1H2;;;/q;2*-2;+4. The van der Waals surface area contributed by atoms with E-state index in [4.69, 9.17) is 23.2 Å². The van der Waals surface area contributed by atoms with Crippen molar-refractivity contribution in [1.82, 2.24) is 0 Å². The molecule has 0 atom stereocenters. The molecule has 6 heavy (non-hydrogen) atoms. The van der Waals surface area contributed by atoms with Crippen molar-refractivity contribution < 1.29 is 32.7 Å². The topological polar surface area (TPSA) is 57.0 Å². The normalized spacial score (nSPS) is 3.00. The van der Waals surface area contributed by atoms with Crippen LogP contribution in [0.25, 0.3) is 0 Å². The Kier molecular flexibility index (Phi) is 155. The van der Waals surface area contributed by atoms with Crippen LogP contribution < -0.4 is 0 Å². The van der Waals surface area contributed by atoms with Crippen molar-refractivity contribution in [2.75, 3.05) is 5.34 Å². The van der Waals surface area contributed by atoms with Crippen LogP contribution >= 0.6 is 23.2 Å². The van der Waals surface area contributed by atoms with Crippen molar-refractivity contribution in [3.63, 3.8) is 0 Å². The Balaban J connectivity index is -0.00000000667. The quantitative estimate of drug-likeness (QED) is 0.382. The second-order valence-electron chi connectivity index (χ2n) is 0.101. The molecule has 0 amide bonds. The summed E-state index contributed by atoms with van der Waals surface area (Å²) in [4.78, 5) is 0. The number of hydrogen-bond acceptors (Lipinski definition) is 0. The molecule has 0 aliphatic rings. The SMILES string of the molecule is ClCCl.[O-2].[O-2].[Ti+4]. The van der Waals surface area contributed by atoms with Gasteiger partial charge in [0.05, 0.1) is 5.34 Å². The van der Waals surface area contributed by atoms with E-state index in [1.807, 2.05) is 0 Å². The van der Waals surface area contributed by atoms with Gasteiger partial charge in [0, 0.05) is 0 Å². The average molecular weight is 165 g/mol. The monoisotopic (exact) mass is 164 g/mol. The summed E-state index contributed by atoms with van der Waals surface area (Å²) in [5.41, 5.74) is 0. The summed E-state index contributed by atoms with van der Waals surface area (Å²) in [5, 5.41) is 0.194. The molecule has 0 N–H and O–H groups in total. The summed E-state index contributed by atoms with van der Waals surface area (Å²) in [6.45, 7) is 0. The minimum atomic E-state index is 0. The van der Waals surface area contributed by atoms with Gasteiger partial charge in [-0.1, -0.05) is 0 Å². The van der Waals surface area contributed by atoms with Crippen LogP contribution in [0.2, 0.25) is 0 Å². The van der Waals surface area contributed by atoms with Crippen molar-refractivity contribution in [3.05, 3.63) is 0 Å². The molecule has 36 valence electrons. The number of rotatable bonds is 0. The summed E-state index contributed by atoms with van der Waals surface area (Å²) in [6.07, 6.45) is 0. The summed E-state index contributed by atoms with van der Waals surface area (Å²) in [7, 11) is 0. The molecule has 2 nitrogen and oxygen atoms in total. The van der Waals surface area contributed by atoms with Crippen molar-refractivity contribution in [1.29, 1.82) is 0 Å². The molecule has 0 aromatic carbocycles. The van der Waals surface area contributed by atoms with Crippen molar-refractivity contribution in [2.24, 2.45) is 0 Å². The molecule has 0 spiro atoms. The Morgan fingerprint density at radius 2 is 1.00 bits per heavy atom. The zero-order valence-corrected chi connectivity index (χ0v) is 5.85. The molecule has 0 rings (SSSR count). The molecule has 0 fully saturated rings. The van der Waals surface area contributed by atoms with E-state index in [1.165, 1.54) is 0 Å². The van der Waals surface area contributed by atoms with Gasteiger partial charge < -0.3 is 11.0 Å². The first kappa shape index (κ1) is 27.0. The molecular formula is CH2Cl2O2Ti. The minimum Gasteiger partial charge on any atom is -2.00 e. The second-order valence-corrected chi connectivity index (χ2v) is 0.909. The Hall–Kier alpha value is 1.21. The molecule has 5 heteroatoms. The molecule has 0 aliphatic heterocycles. The first-order valence-electron chi connectivity index (χ1n) is 0.535. The van der Waals surface area contributed by atoms with Crippen LogP contribution in [0.3, 0.4) is 0 Å². The molecular weight excluding hydrogens is 163 g/mol. The summed E-state index contributed by atoms with van der Waals surface area (Å²) < 4.78 is 0. The summed E-state index contributed by atoms with van der Waals surface area (Å²) in [5.74, 6) is 0. The van der Waals surface area contributed by atoms with E-state index in [1.54, 1.807) is 0 Å². The van der Waals surface area contributed by atoms with E-state index in [0.29, 0.717) is 0 Å². The second kappa shape index (κ2) is 34.5. The molecule has 0 saturated carbocycles. The third-order valence-corrected chi connectivity index (χ3v) is 0. The Bertz CT molecular complexity index is 11.5. The smallest absolute Gasteiger partial charge is 2.00 e. The van der Waals surface area contributed by atoms with Crippen LogP contribution in [0.4, 0.5) is 0 Å². The fourth-order valence-electron chi connectivity index (χ4n) is 0. The van der Waals surface area contributed by atoms with Gasteiger partial charge in [-0.05, 0) is 0 Å². The molecule has 0 aliphatic carbocycles. The molecule has 0 unspecified atom stereocenters. The fourth-order valence-corrected chi connectivity index (χ4v) is 0. The maximum atomic E-state index is 4.76. The van der Waals surface area contributed by atoms with Gasteiger partial charge in [0.25, 0.3) is 0 Å². The van der Waals surface area contributed by atoms with E-state index < -0.39 is 0 Å². The molecule has 0 radical (unpaired) electrons. The van der Waals surface area contributed by atoms with E-state index in [0.717, 1.165) is 0 Å². The van der Waals surface area contributed by atoms with Gasteiger partial charge in [0.2, 0.25) is 0 Å². The van der Waals surface area contributed by atoms with Crippen LogP contribution in [-0.2, 0) is 32.7 Å². The predicted octanol–water partition coefficient (Wildman–Crippen LogP) is 1.18. The summed E-state index contributed by atoms with van der Waals surface area (Å²) >= 11 is 9.53. The van der Waals surface area contributed by atoms with E-state index in [2.05, 4.69) is 0 Å². The van der Waals surface area contributed by atoms with Crippen LogP contribution in [0.5, 0.6) is 0 Å². The first-order chi connectivity index (χ1) is 1.41. The third kappa shape index (κ3) is 62.8. The summed E-state index contributed by atoms with van der Waals surface area (Å²) in [6, 6.07) is 0. The zero-order valence-electron chi connectivity index (χ0n) is 2.78. The van der Waals surface area contributed by atoms with Gasteiger partial charge >= 0.3 is 21.7 Å². The average Bonchev–Trinajstić information content (AvgIpc) is 0.918. The van der Waals surface area contributed by atoms with Crippen LogP contribution in [0, 0.1) is 0 Å². The van der Waals surface area contributed by atoms with Crippen molar-refractivity contribution >= 4 is 23.2 Å². The first-order valence-corrected chi connectivity index (χ1v) is 1.60. The van der Waals surface area contributed by atoms with Crippen molar-refractivity contribution in [3.8, 4) is 0 Å². The van der Waals surface area contributed by atoms with Gasteiger partial charge in [0.15, 0.2) is 0 Å². The van der Waals surface area contributed by atoms with Gasteiger partial charge in [0.1, 0.15) is 0 Å². The van der Waals surface area contributed by atoms with Crippen LogP contribution in [-0.4, -0.2) is 5.34 Å². The maximum absolute atomic E-state index is 4.76. The number of halogens is 2. The maximum Gasteiger partial charge on any atom is 4.00 e. The van der Waals surface area contributed by atoms with E-state index in [-0.39, 0.29) is 38.0 Å². The number of hydrogen-bond donors (Lipinski definition) is 0. The van der Waals surface area contributed by atoms with Gasteiger partial charge in [-0.25, -0.2) is 0 Å². The Labute approximate surface area is 61.3 Å². The van der Waals surface area contributed by atoms with E-state index in [9.17, 15) is 0 Å². The minimum absolute atomic E-state index is 0. The molecule has 0 aromatic heterocycles. The molecule has 0 heterocycles. The van der Waals surface area contributed by atoms with E-state index >= 15 is 0 Å². The largest absolute Gasteiger partial charge is 4.00 e. The number of alkyl halides is 2. The van der Waals surface area contributed by atoms with Crippen molar-refractivity contribution in [2.45, 2.75) is 0 Å². The molecule has 0 aromatic rings. The van der Waals surface area contributed by atoms with Gasteiger partial charge in [-0.3, -0.25) is 0 Å². The Morgan fingerprint density at radius 3 is 1.00 bits per heavy atom. The fraction of sp³-hybridized carbons (Fsp3) is 1.00. The predicted molar refractivity (Wildman–Crippen MR) is 17.9 cm³/mol.